The highest BCUT2D eigenvalue weighted by Gasteiger charge is 2.36. The van der Waals surface area contributed by atoms with Crippen LogP contribution in [-0.4, -0.2) is 17.2 Å². The molecule has 0 saturated carbocycles. The lowest BCUT2D eigenvalue weighted by molar-refractivity contribution is -0.162. The summed E-state index contributed by atoms with van der Waals surface area (Å²) in [5.41, 5.74) is 0.0495. The fraction of sp³-hybridized carbons (Fsp3) is 0.471. The zero-order valence-corrected chi connectivity index (χ0v) is 12.3. The fourth-order valence-corrected chi connectivity index (χ4v) is 1.86. The molecule has 1 N–H and O–H groups in total. The van der Waals surface area contributed by atoms with Crippen molar-refractivity contribution in [1.82, 2.24) is 0 Å². The van der Waals surface area contributed by atoms with Gasteiger partial charge in [-0.25, -0.2) is 0 Å². The summed E-state index contributed by atoms with van der Waals surface area (Å²) >= 11 is 0. The summed E-state index contributed by atoms with van der Waals surface area (Å²) in [6, 6.07) is 9.52. The number of hydrogen-bond donors (Lipinski definition) is 1. The molecule has 0 radical (unpaired) electrons. The maximum atomic E-state index is 12.1. The van der Waals surface area contributed by atoms with E-state index < -0.39 is 11.5 Å². The Morgan fingerprint density at radius 1 is 1.40 bits per heavy atom. The van der Waals surface area contributed by atoms with Crippen molar-refractivity contribution in [3.63, 3.8) is 0 Å². The maximum Gasteiger partial charge on any atom is 0.314 e. The molecular formula is C17H24O3. The number of rotatable bonds is 8. The normalized spacial score (nSPS) is 12.8. The topological polar surface area (TPSA) is 46.5 Å². The molecule has 0 saturated heterocycles. The Balaban J connectivity index is 2.49. The Bertz CT molecular complexity index is 423. The number of carbonyl (C=O) groups is 1. The lowest BCUT2D eigenvalue weighted by Gasteiger charge is -2.28. The minimum Gasteiger partial charge on any atom is -0.460 e. The smallest absolute Gasteiger partial charge is 0.314 e. The van der Waals surface area contributed by atoms with E-state index in [0.717, 1.165) is 18.4 Å². The second kappa shape index (κ2) is 7.85. The molecule has 3 nitrogen and oxygen atoms in total. The maximum absolute atomic E-state index is 12.1. The molecule has 20 heavy (non-hydrogen) atoms. The third-order valence-corrected chi connectivity index (χ3v) is 3.46. The van der Waals surface area contributed by atoms with Crippen LogP contribution in [0, 0.1) is 5.41 Å². The lowest BCUT2D eigenvalue weighted by atomic mass is 9.84. The van der Waals surface area contributed by atoms with Crippen LogP contribution in [0.15, 0.2) is 43.0 Å². The molecule has 0 heterocycles. The number of allylic oxidation sites excluding steroid dienone is 1. The number of ether oxygens (including phenoxy) is 1. The number of benzene rings is 1. The van der Waals surface area contributed by atoms with Crippen LogP contribution in [0.25, 0.3) is 0 Å². The van der Waals surface area contributed by atoms with Crippen molar-refractivity contribution in [3.8, 4) is 0 Å². The monoisotopic (exact) mass is 276 g/mol. The van der Waals surface area contributed by atoms with Crippen molar-refractivity contribution in [3.05, 3.63) is 48.6 Å². The van der Waals surface area contributed by atoms with E-state index >= 15 is 0 Å². The molecule has 1 rings (SSSR count). The van der Waals surface area contributed by atoms with Gasteiger partial charge in [0.2, 0.25) is 0 Å². The van der Waals surface area contributed by atoms with Gasteiger partial charge in [-0.1, -0.05) is 36.4 Å². The van der Waals surface area contributed by atoms with Crippen molar-refractivity contribution >= 4 is 5.97 Å². The number of unbranched alkanes of at least 4 members (excludes halogenated alkanes) is 1. The van der Waals surface area contributed by atoms with E-state index in [-0.39, 0.29) is 12.6 Å². The van der Waals surface area contributed by atoms with Crippen LogP contribution in [0.4, 0.5) is 0 Å². The molecular weight excluding hydrogens is 252 g/mol. The summed E-state index contributed by atoms with van der Waals surface area (Å²) in [6.45, 7) is 7.33. The molecule has 0 unspecified atom stereocenters. The number of carbonyl (C=O) groups excluding carboxylic acids is 1. The van der Waals surface area contributed by atoms with Crippen LogP contribution >= 0.6 is 0 Å². The van der Waals surface area contributed by atoms with Crippen LogP contribution in [0.2, 0.25) is 0 Å². The molecule has 0 aliphatic heterocycles. The molecule has 0 aliphatic carbocycles. The van der Waals surface area contributed by atoms with Crippen molar-refractivity contribution in [2.75, 3.05) is 0 Å². The third-order valence-electron chi connectivity index (χ3n) is 3.46. The molecule has 0 bridgehead atoms. The predicted molar refractivity (Wildman–Crippen MR) is 80.1 cm³/mol. The second-order valence-electron chi connectivity index (χ2n) is 5.52. The minimum absolute atomic E-state index is 0.239. The lowest BCUT2D eigenvalue weighted by Crippen LogP contribution is -2.38. The van der Waals surface area contributed by atoms with Crippen molar-refractivity contribution in [2.24, 2.45) is 5.41 Å². The zero-order valence-electron chi connectivity index (χ0n) is 12.3. The van der Waals surface area contributed by atoms with Gasteiger partial charge in [0.25, 0.3) is 0 Å². The van der Waals surface area contributed by atoms with Gasteiger partial charge in [0.1, 0.15) is 6.61 Å². The van der Waals surface area contributed by atoms with E-state index in [2.05, 4.69) is 6.58 Å². The summed E-state index contributed by atoms with van der Waals surface area (Å²) in [6.07, 6.45) is 3.34. The number of hydrogen-bond acceptors (Lipinski definition) is 3. The summed E-state index contributed by atoms with van der Waals surface area (Å²) in [4.78, 5) is 12.1. The summed E-state index contributed by atoms with van der Waals surface area (Å²) in [7, 11) is 0. The van der Waals surface area contributed by atoms with Crippen LogP contribution in [0.3, 0.4) is 0 Å². The quantitative estimate of drug-likeness (QED) is 0.449. The molecule has 1 atom stereocenters. The SMILES string of the molecule is C=CCCC[C@@H](O)C(C)(C)C(=O)OCc1ccccc1. The average Bonchev–Trinajstić information content (AvgIpc) is 2.45. The predicted octanol–water partition coefficient (Wildman–Crippen LogP) is 3.47. The van der Waals surface area contributed by atoms with Gasteiger partial charge in [-0.05, 0) is 38.7 Å². The van der Waals surface area contributed by atoms with Crippen LogP contribution in [-0.2, 0) is 16.1 Å². The van der Waals surface area contributed by atoms with Gasteiger partial charge in [-0.3, -0.25) is 4.79 Å². The van der Waals surface area contributed by atoms with Gasteiger partial charge in [-0.2, -0.15) is 0 Å². The molecule has 0 spiro atoms. The van der Waals surface area contributed by atoms with Crippen molar-refractivity contribution < 1.29 is 14.6 Å². The standard InChI is InChI=1S/C17H24O3/c1-4-5-7-12-15(18)17(2,3)16(19)20-13-14-10-8-6-9-11-14/h4,6,8-11,15,18H,1,5,7,12-13H2,2-3H3/t15-/m1/s1. The van der Waals surface area contributed by atoms with E-state index in [9.17, 15) is 9.90 Å². The van der Waals surface area contributed by atoms with E-state index in [1.54, 1.807) is 13.8 Å². The first-order chi connectivity index (χ1) is 9.48. The molecule has 1 aromatic carbocycles. The van der Waals surface area contributed by atoms with E-state index in [1.165, 1.54) is 0 Å². The van der Waals surface area contributed by atoms with Crippen LogP contribution < -0.4 is 0 Å². The van der Waals surface area contributed by atoms with Gasteiger partial charge >= 0.3 is 5.97 Å². The Morgan fingerprint density at radius 2 is 2.05 bits per heavy atom. The Morgan fingerprint density at radius 3 is 2.65 bits per heavy atom. The first-order valence-corrected chi connectivity index (χ1v) is 6.98. The highest BCUT2D eigenvalue weighted by molar-refractivity contribution is 5.76. The Labute approximate surface area is 121 Å². The van der Waals surface area contributed by atoms with Gasteiger partial charge in [-0.15, -0.1) is 6.58 Å². The number of aliphatic hydroxyl groups is 1. The molecule has 0 fully saturated rings. The molecule has 1 aromatic rings. The fourth-order valence-electron chi connectivity index (χ4n) is 1.86. The van der Waals surface area contributed by atoms with Crippen LogP contribution in [0.1, 0.15) is 38.7 Å². The first-order valence-electron chi connectivity index (χ1n) is 6.98. The van der Waals surface area contributed by atoms with Crippen LogP contribution in [0.5, 0.6) is 0 Å². The number of esters is 1. The Hall–Kier alpha value is -1.61. The number of aliphatic hydroxyl groups excluding tert-OH is 1. The molecule has 0 amide bonds. The highest BCUT2D eigenvalue weighted by atomic mass is 16.5. The van der Waals surface area contributed by atoms with Crippen molar-refractivity contribution in [2.45, 2.75) is 45.8 Å². The van der Waals surface area contributed by atoms with Gasteiger partial charge < -0.3 is 9.84 Å². The van der Waals surface area contributed by atoms with Gasteiger partial charge in [0.05, 0.1) is 11.5 Å². The molecule has 0 aromatic heterocycles. The zero-order chi connectivity index (χ0) is 15.0. The highest BCUT2D eigenvalue weighted by Crippen LogP contribution is 2.26. The average molecular weight is 276 g/mol. The first kappa shape index (κ1) is 16.4. The second-order valence-corrected chi connectivity index (χ2v) is 5.52. The van der Waals surface area contributed by atoms with Gasteiger partial charge in [0, 0.05) is 0 Å². The summed E-state index contributed by atoms with van der Waals surface area (Å²) in [5.74, 6) is -0.368. The summed E-state index contributed by atoms with van der Waals surface area (Å²) < 4.78 is 5.30. The molecule has 3 heteroatoms. The minimum atomic E-state index is -0.893. The van der Waals surface area contributed by atoms with E-state index in [0.29, 0.717) is 6.42 Å². The van der Waals surface area contributed by atoms with E-state index in [1.807, 2.05) is 36.4 Å². The van der Waals surface area contributed by atoms with E-state index in [4.69, 9.17) is 4.74 Å². The summed E-state index contributed by atoms with van der Waals surface area (Å²) in [5, 5.41) is 10.1. The Kier molecular flexibility index (Phi) is 6.46. The van der Waals surface area contributed by atoms with Crippen molar-refractivity contribution in [1.29, 1.82) is 0 Å². The molecule has 0 aliphatic rings. The third kappa shape index (κ3) is 4.82. The van der Waals surface area contributed by atoms with Gasteiger partial charge in [0.15, 0.2) is 0 Å². The largest absolute Gasteiger partial charge is 0.460 e. The molecule has 110 valence electrons.